The lowest BCUT2D eigenvalue weighted by molar-refractivity contribution is 0.0696. The SMILES string of the molecule is COc1cc(/C=N\NC(=O)c2ccccc2N)ccc1OC(=O)c1ccco1. The van der Waals surface area contributed by atoms with E-state index in [-0.39, 0.29) is 11.5 Å². The molecule has 0 aliphatic carbocycles. The van der Waals surface area contributed by atoms with Gasteiger partial charge in [0.25, 0.3) is 5.91 Å². The van der Waals surface area contributed by atoms with E-state index in [9.17, 15) is 9.59 Å². The van der Waals surface area contributed by atoms with Crippen molar-refractivity contribution in [1.82, 2.24) is 5.43 Å². The average Bonchev–Trinajstić information content (AvgIpc) is 3.24. The van der Waals surface area contributed by atoms with Gasteiger partial charge in [-0.15, -0.1) is 0 Å². The topological polar surface area (TPSA) is 116 Å². The quantitative estimate of drug-likeness (QED) is 0.224. The molecule has 3 rings (SSSR count). The molecule has 0 bridgehead atoms. The van der Waals surface area contributed by atoms with Crippen LogP contribution in [0.15, 0.2) is 70.4 Å². The van der Waals surface area contributed by atoms with Crippen molar-refractivity contribution in [3.05, 3.63) is 77.7 Å². The fraction of sp³-hybridized carbons (Fsp3) is 0.0500. The van der Waals surface area contributed by atoms with Gasteiger partial charge in [-0.05, 0) is 48.0 Å². The normalized spacial score (nSPS) is 10.6. The van der Waals surface area contributed by atoms with Crippen LogP contribution in [0.1, 0.15) is 26.5 Å². The van der Waals surface area contributed by atoms with Crippen molar-refractivity contribution in [3.8, 4) is 11.5 Å². The van der Waals surface area contributed by atoms with E-state index < -0.39 is 11.9 Å². The third-order valence-electron chi connectivity index (χ3n) is 3.70. The molecule has 8 nitrogen and oxygen atoms in total. The van der Waals surface area contributed by atoms with Gasteiger partial charge in [-0.3, -0.25) is 4.79 Å². The number of esters is 1. The number of hydrogen-bond donors (Lipinski definition) is 2. The number of hydrogen-bond acceptors (Lipinski definition) is 7. The second-order valence-electron chi connectivity index (χ2n) is 5.56. The van der Waals surface area contributed by atoms with Gasteiger partial charge in [-0.2, -0.15) is 5.10 Å². The van der Waals surface area contributed by atoms with Gasteiger partial charge in [0, 0.05) is 5.69 Å². The molecule has 0 fully saturated rings. The van der Waals surface area contributed by atoms with Gasteiger partial charge in [0.15, 0.2) is 11.5 Å². The predicted octanol–water partition coefficient (Wildman–Crippen LogP) is 2.85. The highest BCUT2D eigenvalue weighted by molar-refractivity contribution is 5.99. The third-order valence-corrected chi connectivity index (χ3v) is 3.70. The third kappa shape index (κ3) is 4.36. The number of nitrogen functional groups attached to an aromatic ring is 1. The molecule has 0 saturated heterocycles. The largest absolute Gasteiger partial charge is 0.493 e. The van der Waals surface area contributed by atoms with E-state index in [1.807, 2.05) is 0 Å². The Bertz CT molecular complexity index is 1010. The van der Waals surface area contributed by atoms with Gasteiger partial charge in [-0.1, -0.05) is 12.1 Å². The van der Waals surface area contributed by atoms with Crippen molar-refractivity contribution >= 4 is 23.8 Å². The van der Waals surface area contributed by atoms with Crippen LogP contribution in [0.25, 0.3) is 0 Å². The Kier molecular flexibility index (Phi) is 5.71. The summed E-state index contributed by atoms with van der Waals surface area (Å²) in [6.45, 7) is 0. The number of ether oxygens (including phenoxy) is 2. The number of para-hydroxylation sites is 1. The summed E-state index contributed by atoms with van der Waals surface area (Å²) in [6.07, 6.45) is 2.81. The van der Waals surface area contributed by atoms with Gasteiger partial charge in [0.2, 0.25) is 5.76 Å². The second kappa shape index (κ2) is 8.54. The van der Waals surface area contributed by atoms with Crippen molar-refractivity contribution in [2.45, 2.75) is 0 Å². The molecule has 1 amide bonds. The van der Waals surface area contributed by atoms with Gasteiger partial charge in [-0.25, -0.2) is 10.2 Å². The zero-order valence-electron chi connectivity index (χ0n) is 14.9. The number of amides is 1. The fourth-order valence-electron chi connectivity index (χ4n) is 2.32. The molecule has 0 unspecified atom stereocenters. The Morgan fingerprint density at radius 1 is 1.11 bits per heavy atom. The molecule has 0 saturated carbocycles. The summed E-state index contributed by atoms with van der Waals surface area (Å²) < 4.78 is 15.5. The number of carbonyl (C=O) groups excluding carboxylic acids is 2. The number of nitrogens with zero attached hydrogens (tertiary/aromatic N) is 1. The maximum absolute atomic E-state index is 12.1. The maximum Gasteiger partial charge on any atom is 0.379 e. The first-order valence-corrected chi connectivity index (χ1v) is 8.20. The highest BCUT2D eigenvalue weighted by Gasteiger charge is 2.15. The number of furan rings is 1. The number of hydrazone groups is 1. The van der Waals surface area contributed by atoms with Crippen LogP contribution in [0.4, 0.5) is 5.69 Å². The van der Waals surface area contributed by atoms with Crippen LogP contribution in [-0.4, -0.2) is 25.2 Å². The second-order valence-corrected chi connectivity index (χ2v) is 5.56. The Morgan fingerprint density at radius 2 is 1.93 bits per heavy atom. The molecule has 2 aromatic carbocycles. The minimum Gasteiger partial charge on any atom is -0.493 e. The zero-order chi connectivity index (χ0) is 19.9. The molecule has 0 radical (unpaired) electrons. The van der Waals surface area contributed by atoms with Gasteiger partial charge >= 0.3 is 5.97 Å². The Balaban J connectivity index is 1.68. The zero-order valence-corrected chi connectivity index (χ0v) is 14.9. The van der Waals surface area contributed by atoms with Gasteiger partial charge < -0.3 is 19.6 Å². The molecule has 28 heavy (non-hydrogen) atoms. The smallest absolute Gasteiger partial charge is 0.379 e. The molecule has 1 aromatic heterocycles. The van der Waals surface area contributed by atoms with Crippen LogP contribution in [-0.2, 0) is 0 Å². The summed E-state index contributed by atoms with van der Waals surface area (Å²) in [4.78, 5) is 24.1. The van der Waals surface area contributed by atoms with Crippen molar-refractivity contribution in [2.24, 2.45) is 5.10 Å². The lowest BCUT2D eigenvalue weighted by Gasteiger charge is -2.09. The van der Waals surface area contributed by atoms with Crippen LogP contribution in [0, 0.1) is 0 Å². The van der Waals surface area contributed by atoms with E-state index in [0.717, 1.165) is 0 Å². The molecule has 0 aliphatic rings. The molecule has 1 heterocycles. The van der Waals surface area contributed by atoms with Gasteiger partial charge in [0.1, 0.15) is 0 Å². The molecule has 8 heteroatoms. The lowest BCUT2D eigenvalue weighted by Crippen LogP contribution is -2.19. The summed E-state index contributed by atoms with van der Waals surface area (Å²) in [7, 11) is 1.44. The minimum absolute atomic E-state index is 0.0792. The molecular formula is C20H17N3O5. The highest BCUT2D eigenvalue weighted by atomic mass is 16.6. The van der Waals surface area contributed by atoms with E-state index in [1.54, 1.807) is 48.5 Å². The molecule has 142 valence electrons. The maximum atomic E-state index is 12.1. The van der Waals surface area contributed by atoms with E-state index >= 15 is 0 Å². The highest BCUT2D eigenvalue weighted by Crippen LogP contribution is 2.28. The van der Waals surface area contributed by atoms with Crippen LogP contribution < -0.4 is 20.6 Å². The van der Waals surface area contributed by atoms with Crippen molar-refractivity contribution in [1.29, 1.82) is 0 Å². The molecule has 0 atom stereocenters. The number of nitrogens with two attached hydrogens (primary N) is 1. The number of benzene rings is 2. The predicted molar refractivity (Wildman–Crippen MR) is 103 cm³/mol. The molecule has 0 aliphatic heterocycles. The van der Waals surface area contributed by atoms with Crippen LogP contribution in [0.3, 0.4) is 0 Å². The first-order chi connectivity index (χ1) is 13.6. The summed E-state index contributed by atoms with van der Waals surface area (Å²) in [5, 5.41) is 3.91. The summed E-state index contributed by atoms with van der Waals surface area (Å²) in [6, 6.07) is 14.6. The molecule has 0 spiro atoms. The number of carbonyl (C=O) groups is 2. The van der Waals surface area contributed by atoms with E-state index in [4.69, 9.17) is 19.6 Å². The molecular weight excluding hydrogens is 362 g/mol. The van der Waals surface area contributed by atoms with Crippen LogP contribution >= 0.6 is 0 Å². The average molecular weight is 379 g/mol. The lowest BCUT2D eigenvalue weighted by atomic mass is 10.2. The van der Waals surface area contributed by atoms with Crippen LogP contribution in [0.5, 0.6) is 11.5 Å². The first-order valence-electron chi connectivity index (χ1n) is 8.20. The monoisotopic (exact) mass is 379 g/mol. The van der Waals surface area contributed by atoms with Crippen molar-refractivity contribution < 1.29 is 23.5 Å². The summed E-state index contributed by atoms with van der Waals surface area (Å²) in [5.74, 6) is -0.442. The number of methoxy groups -OCH3 is 1. The number of nitrogens with one attached hydrogen (secondary N) is 1. The molecule has 3 N–H and O–H groups in total. The standard InChI is InChI=1S/C20H17N3O5/c1-26-18-11-13(8-9-16(18)28-20(25)17-7-4-10-27-17)12-22-23-19(24)14-5-2-3-6-15(14)21/h2-12H,21H2,1H3,(H,23,24)/b22-12-. The van der Waals surface area contributed by atoms with Crippen molar-refractivity contribution in [3.63, 3.8) is 0 Å². The molecule has 3 aromatic rings. The number of rotatable bonds is 6. The number of anilines is 1. The van der Waals surface area contributed by atoms with E-state index in [0.29, 0.717) is 22.6 Å². The summed E-state index contributed by atoms with van der Waals surface area (Å²) in [5.41, 5.74) is 9.47. The van der Waals surface area contributed by atoms with E-state index in [2.05, 4.69) is 10.5 Å². The fourth-order valence-corrected chi connectivity index (χ4v) is 2.32. The minimum atomic E-state index is -0.641. The Morgan fingerprint density at radius 3 is 2.64 bits per heavy atom. The van der Waals surface area contributed by atoms with Gasteiger partial charge in [0.05, 0.1) is 25.2 Å². The van der Waals surface area contributed by atoms with Crippen molar-refractivity contribution in [2.75, 3.05) is 12.8 Å². The Labute approximate surface area is 160 Å². The van der Waals surface area contributed by atoms with Crippen LogP contribution in [0.2, 0.25) is 0 Å². The Hall–Kier alpha value is -4.07. The first kappa shape index (κ1) is 18.7. The summed E-state index contributed by atoms with van der Waals surface area (Å²) >= 11 is 0. The van der Waals surface area contributed by atoms with E-state index in [1.165, 1.54) is 25.7 Å².